The number of hydrogen-bond donors (Lipinski definition) is 2. The van der Waals surface area contributed by atoms with E-state index in [2.05, 4.69) is 17.2 Å². The lowest BCUT2D eigenvalue weighted by Crippen LogP contribution is -2.14. The summed E-state index contributed by atoms with van der Waals surface area (Å²) in [5.41, 5.74) is 8.08. The Morgan fingerprint density at radius 2 is 2.05 bits per heavy atom. The standard InChI is InChI=1S/C16H19N3O2/c1-3-8-21-13-6-4-12(5-7-13)19-16(20)14-10-18-11(2)9-15(14)17/h4-7,9-10H,3,8H2,1-2H3,(H2,17,18)(H,19,20). The van der Waals surface area contributed by atoms with E-state index >= 15 is 0 Å². The summed E-state index contributed by atoms with van der Waals surface area (Å²) in [6.07, 6.45) is 2.44. The van der Waals surface area contributed by atoms with E-state index in [1.165, 1.54) is 6.20 Å². The number of pyridine rings is 1. The van der Waals surface area contributed by atoms with Crippen LogP contribution in [0.15, 0.2) is 36.5 Å². The normalized spacial score (nSPS) is 10.2. The minimum absolute atomic E-state index is 0.276. The van der Waals surface area contributed by atoms with E-state index in [0.29, 0.717) is 23.5 Å². The third-order valence-electron chi connectivity index (χ3n) is 2.90. The van der Waals surface area contributed by atoms with Crippen molar-refractivity contribution in [2.45, 2.75) is 20.3 Å². The van der Waals surface area contributed by atoms with Gasteiger partial charge in [-0.25, -0.2) is 0 Å². The van der Waals surface area contributed by atoms with Crippen molar-refractivity contribution >= 4 is 17.3 Å². The Balaban J connectivity index is 2.05. The van der Waals surface area contributed by atoms with Gasteiger partial charge in [0.25, 0.3) is 5.91 Å². The average Bonchev–Trinajstić information content (AvgIpc) is 2.46. The third kappa shape index (κ3) is 3.95. The molecule has 0 bridgehead atoms. The summed E-state index contributed by atoms with van der Waals surface area (Å²) in [6.45, 7) is 4.55. The number of hydrogen-bond acceptors (Lipinski definition) is 4. The van der Waals surface area contributed by atoms with Gasteiger partial charge in [-0.3, -0.25) is 9.78 Å². The van der Waals surface area contributed by atoms with Gasteiger partial charge < -0.3 is 15.8 Å². The molecule has 1 aromatic heterocycles. The van der Waals surface area contributed by atoms with Crippen molar-refractivity contribution in [1.82, 2.24) is 4.98 Å². The molecular formula is C16H19N3O2. The number of ether oxygens (including phenoxy) is 1. The van der Waals surface area contributed by atoms with Crippen LogP contribution in [0.3, 0.4) is 0 Å². The number of aromatic nitrogens is 1. The molecule has 2 aromatic rings. The number of aryl methyl sites for hydroxylation is 1. The number of anilines is 2. The van der Waals surface area contributed by atoms with Gasteiger partial charge in [-0.05, 0) is 43.7 Å². The third-order valence-corrected chi connectivity index (χ3v) is 2.90. The number of nitrogen functional groups attached to an aromatic ring is 1. The van der Waals surface area contributed by atoms with Crippen LogP contribution in [0.1, 0.15) is 29.4 Å². The lowest BCUT2D eigenvalue weighted by molar-refractivity contribution is 0.102. The molecule has 21 heavy (non-hydrogen) atoms. The highest BCUT2D eigenvalue weighted by molar-refractivity contribution is 6.07. The number of rotatable bonds is 5. The Kier molecular flexibility index (Phi) is 4.77. The molecule has 0 radical (unpaired) electrons. The molecule has 0 atom stereocenters. The number of nitrogens with one attached hydrogen (secondary N) is 1. The molecule has 1 heterocycles. The van der Waals surface area contributed by atoms with Gasteiger partial charge in [0.1, 0.15) is 5.75 Å². The molecule has 5 nitrogen and oxygen atoms in total. The van der Waals surface area contributed by atoms with Crippen molar-refractivity contribution in [1.29, 1.82) is 0 Å². The van der Waals surface area contributed by atoms with Crippen molar-refractivity contribution in [3.05, 3.63) is 47.8 Å². The van der Waals surface area contributed by atoms with Crippen molar-refractivity contribution in [2.24, 2.45) is 0 Å². The molecule has 110 valence electrons. The van der Waals surface area contributed by atoms with Crippen LogP contribution in [0.5, 0.6) is 5.75 Å². The summed E-state index contributed by atoms with van der Waals surface area (Å²) in [6, 6.07) is 8.90. The second kappa shape index (κ2) is 6.74. The van der Waals surface area contributed by atoms with Crippen LogP contribution in [0.25, 0.3) is 0 Å². The first-order valence-electron chi connectivity index (χ1n) is 6.86. The van der Waals surface area contributed by atoms with E-state index in [-0.39, 0.29) is 5.91 Å². The summed E-state index contributed by atoms with van der Waals surface area (Å²) in [4.78, 5) is 16.2. The Morgan fingerprint density at radius 3 is 2.67 bits per heavy atom. The number of benzene rings is 1. The first-order chi connectivity index (χ1) is 10.1. The van der Waals surface area contributed by atoms with Crippen LogP contribution in [0, 0.1) is 6.92 Å². The van der Waals surface area contributed by atoms with Crippen LogP contribution in [0.2, 0.25) is 0 Å². The number of nitrogens with zero attached hydrogens (tertiary/aromatic N) is 1. The highest BCUT2D eigenvalue weighted by Crippen LogP contribution is 2.18. The smallest absolute Gasteiger partial charge is 0.259 e. The molecule has 0 aliphatic rings. The highest BCUT2D eigenvalue weighted by Gasteiger charge is 2.10. The second-order valence-electron chi connectivity index (χ2n) is 4.74. The van der Waals surface area contributed by atoms with Gasteiger partial charge in [-0.15, -0.1) is 0 Å². The number of amides is 1. The maximum atomic E-state index is 12.1. The van der Waals surface area contributed by atoms with Crippen molar-refractivity contribution < 1.29 is 9.53 Å². The predicted octanol–water partition coefficient (Wildman–Crippen LogP) is 3.01. The van der Waals surface area contributed by atoms with Crippen LogP contribution in [0.4, 0.5) is 11.4 Å². The second-order valence-corrected chi connectivity index (χ2v) is 4.74. The van der Waals surface area contributed by atoms with E-state index < -0.39 is 0 Å². The van der Waals surface area contributed by atoms with Gasteiger partial charge in [0.05, 0.1) is 12.2 Å². The zero-order chi connectivity index (χ0) is 15.2. The zero-order valence-corrected chi connectivity index (χ0v) is 12.2. The Bertz CT molecular complexity index is 624. The van der Waals surface area contributed by atoms with Crippen LogP contribution in [-0.4, -0.2) is 17.5 Å². The van der Waals surface area contributed by atoms with E-state index in [9.17, 15) is 4.79 Å². The molecule has 0 aliphatic heterocycles. The average molecular weight is 285 g/mol. The monoisotopic (exact) mass is 285 g/mol. The SMILES string of the molecule is CCCOc1ccc(NC(=O)c2cnc(C)cc2N)cc1. The molecule has 0 fully saturated rings. The zero-order valence-electron chi connectivity index (χ0n) is 12.2. The molecule has 0 aliphatic carbocycles. The van der Waals surface area contributed by atoms with Crippen LogP contribution >= 0.6 is 0 Å². The number of nitrogens with two attached hydrogens (primary N) is 1. The Labute approximate surface area is 124 Å². The van der Waals surface area contributed by atoms with Gasteiger partial charge in [0.2, 0.25) is 0 Å². The van der Waals surface area contributed by atoms with Gasteiger partial charge in [-0.2, -0.15) is 0 Å². The lowest BCUT2D eigenvalue weighted by atomic mass is 10.2. The molecule has 2 rings (SSSR count). The summed E-state index contributed by atoms with van der Waals surface area (Å²) >= 11 is 0. The summed E-state index contributed by atoms with van der Waals surface area (Å²) in [5, 5.41) is 2.79. The van der Waals surface area contributed by atoms with Crippen LogP contribution < -0.4 is 15.8 Å². The molecule has 0 spiro atoms. The van der Waals surface area contributed by atoms with Gasteiger partial charge in [0, 0.05) is 23.3 Å². The molecular weight excluding hydrogens is 266 g/mol. The molecule has 1 aromatic carbocycles. The fourth-order valence-corrected chi connectivity index (χ4v) is 1.82. The fraction of sp³-hybridized carbons (Fsp3) is 0.250. The van der Waals surface area contributed by atoms with Crippen molar-refractivity contribution in [2.75, 3.05) is 17.7 Å². The van der Waals surface area contributed by atoms with Gasteiger partial charge >= 0.3 is 0 Å². The number of carbonyl (C=O) groups is 1. The molecule has 5 heteroatoms. The van der Waals surface area contributed by atoms with E-state index in [1.54, 1.807) is 18.2 Å². The maximum absolute atomic E-state index is 12.1. The van der Waals surface area contributed by atoms with E-state index in [0.717, 1.165) is 17.9 Å². The van der Waals surface area contributed by atoms with E-state index in [1.807, 2.05) is 19.1 Å². The van der Waals surface area contributed by atoms with Gasteiger partial charge in [-0.1, -0.05) is 6.92 Å². The minimum Gasteiger partial charge on any atom is -0.494 e. The lowest BCUT2D eigenvalue weighted by Gasteiger charge is -2.09. The van der Waals surface area contributed by atoms with E-state index in [4.69, 9.17) is 10.5 Å². The predicted molar refractivity (Wildman–Crippen MR) is 83.6 cm³/mol. The fourth-order valence-electron chi connectivity index (χ4n) is 1.82. The molecule has 0 saturated carbocycles. The Morgan fingerprint density at radius 1 is 1.33 bits per heavy atom. The number of carbonyl (C=O) groups excluding carboxylic acids is 1. The first-order valence-corrected chi connectivity index (χ1v) is 6.86. The molecule has 0 unspecified atom stereocenters. The molecule has 0 saturated heterocycles. The van der Waals surface area contributed by atoms with Gasteiger partial charge in [0.15, 0.2) is 0 Å². The highest BCUT2D eigenvalue weighted by atomic mass is 16.5. The van der Waals surface area contributed by atoms with Crippen LogP contribution in [-0.2, 0) is 0 Å². The Hall–Kier alpha value is -2.56. The minimum atomic E-state index is -0.276. The van der Waals surface area contributed by atoms with Crippen molar-refractivity contribution in [3.63, 3.8) is 0 Å². The largest absolute Gasteiger partial charge is 0.494 e. The molecule has 1 amide bonds. The molecule has 3 N–H and O–H groups in total. The summed E-state index contributed by atoms with van der Waals surface area (Å²) < 4.78 is 5.49. The van der Waals surface area contributed by atoms with Crippen molar-refractivity contribution in [3.8, 4) is 5.75 Å². The summed E-state index contributed by atoms with van der Waals surface area (Å²) in [7, 11) is 0. The maximum Gasteiger partial charge on any atom is 0.259 e. The summed E-state index contributed by atoms with van der Waals surface area (Å²) in [5.74, 6) is 0.508. The quantitative estimate of drug-likeness (QED) is 0.885. The first kappa shape index (κ1) is 14.8. The topological polar surface area (TPSA) is 77.2 Å².